The fraction of sp³-hybridized carbons (Fsp3) is 0.625. The van der Waals surface area contributed by atoms with E-state index in [1.807, 2.05) is 19.1 Å². The molecule has 106 valence electrons. The van der Waals surface area contributed by atoms with Gasteiger partial charge in [-0.1, -0.05) is 12.1 Å². The minimum absolute atomic E-state index is 0.0965. The van der Waals surface area contributed by atoms with Crippen LogP contribution < -0.4 is 5.32 Å². The number of nitrogens with one attached hydrogen (secondary N) is 1. The molecule has 2 nitrogen and oxygen atoms in total. The Morgan fingerprint density at radius 3 is 2.95 bits per heavy atom. The fourth-order valence-electron chi connectivity index (χ4n) is 2.65. The molecular weight excluding hydrogens is 239 g/mol. The average molecular weight is 264 g/mol. The Kier molecular flexibility index (Phi) is 5.80. The first-order valence-corrected chi connectivity index (χ1v) is 7.44. The van der Waals surface area contributed by atoms with Crippen LogP contribution in [0.4, 0.5) is 4.39 Å². The van der Waals surface area contributed by atoms with Gasteiger partial charge < -0.3 is 10.2 Å². The van der Waals surface area contributed by atoms with Crippen molar-refractivity contribution in [3.05, 3.63) is 35.1 Å². The molecule has 0 amide bonds. The van der Waals surface area contributed by atoms with Crippen LogP contribution >= 0.6 is 0 Å². The van der Waals surface area contributed by atoms with Crippen LogP contribution in [0.3, 0.4) is 0 Å². The molecule has 0 atom stereocenters. The number of halogens is 1. The van der Waals surface area contributed by atoms with Gasteiger partial charge in [-0.05, 0) is 69.4 Å². The molecule has 0 unspecified atom stereocenters. The Morgan fingerprint density at radius 1 is 1.21 bits per heavy atom. The lowest BCUT2D eigenvalue weighted by Crippen LogP contribution is -2.29. The van der Waals surface area contributed by atoms with Gasteiger partial charge in [0.05, 0.1) is 0 Å². The molecule has 3 heteroatoms. The second-order valence-electron chi connectivity index (χ2n) is 5.49. The third-order valence-corrected chi connectivity index (χ3v) is 3.84. The maximum atomic E-state index is 13.2. The predicted octanol–water partition coefficient (Wildman–Crippen LogP) is 2.75. The van der Waals surface area contributed by atoms with Gasteiger partial charge in [-0.25, -0.2) is 4.39 Å². The normalized spacial score (nSPS) is 17.4. The van der Waals surface area contributed by atoms with E-state index < -0.39 is 0 Å². The summed E-state index contributed by atoms with van der Waals surface area (Å²) in [6.45, 7) is 7.71. The van der Waals surface area contributed by atoms with Gasteiger partial charge >= 0.3 is 0 Å². The highest BCUT2D eigenvalue weighted by Gasteiger charge is 2.07. The number of aryl methyl sites for hydroxylation is 2. The third-order valence-electron chi connectivity index (χ3n) is 3.84. The van der Waals surface area contributed by atoms with Crippen LogP contribution in [0.5, 0.6) is 0 Å². The molecule has 0 radical (unpaired) electrons. The van der Waals surface area contributed by atoms with Gasteiger partial charge in [0.15, 0.2) is 0 Å². The zero-order chi connectivity index (χ0) is 13.5. The maximum Gasteiger partial charge on any atom is 0.126 e. The number of hydrogen-bond acceptors (Lipinski definition) is 2. The fourth-order valence-corrected chi connectivity index (χ4v) is 2.65. The van der Waals surface area contributed by atoms with Crippen LogP contribution in [-0.4, -0.2) is 37.6 Å². The van der Waals surface area contributed by atoms with Gasteiger partial charge in [-0.3, -0.25) is 0 Å². The summed E-state index contributed by atoms with van der Waals surface area (Å²) in [5.41, 5.74) is 2.02. The molecular formula is C16H25FN2. The number of benzene rings is 1. The van der Waals surface area contributed by atoms with Crippen molar-refractivity contribution in [2.45, 2.75) is 32.6 Å². The summed E-state index contributed by atoms with van der Waals surface area (Å²) >= 11 is 0. The van der Waals surface area contributed by atoms with E-state index in [0.29, 0.717) is 0 Å². The Hall–Kier alpha value is -0.930. The number of rotatable bonds is 5. The number of nitrogens with zero attached hydrogens (tertiary/aromatic N) is 1. The van der Waals surface area contributed by atoms with Crippen molar-refractivity contribution >= 4 is 0 Å². The van der Waals surface area contributed by atoms with E-state index in [0.717, 1.165) is 25.1 Å². The zero-order valence-corrected chi connectivity index (χ0v) is 11.9. The van der Waals surface area contributed by atoms with Gasteiger partial charge in [0, 0.05) is 13.1 Å². The van der Waals surface area contributed by atoms with Crippen LogP contribution in [0.15, 0.2) is 18.2 Å². The summed E-state index contributed by atoms with van der Waals surface area (Å²) in [6, 6.07) is 5.48. The van der Waals surface area contributed by atoms with Crippen molar-refractivity contribution in [2.75, 3.05) is 32.7 Å². The lowest BCUT2D eigenvalue weighted by molar-refractivity contribution is 0.286. The van der Waals surface area contributed by atoms with Crippen molar-refractivity contribution in [1.29, 1.82) is 0 Å². The van der Waals surface area contributed by atoms with Crippen molar-refractivity contribution in [1.82, 2.24) is 10.2 Å². The summed E-state index contributed by atoms with van der Waals surface area (Å²) in [4.78, 5) is 2.55. The summed E-state index contributed by atoms with van der Waals surface area (Å²) in [6.07, 6.45) is 4.75. The Morgan fingerprint density at radius 2 is 2.11 bits per heavy atom. The molecule has 0 bridgehead atoms. The minimum Gasteiger partial charge on any atom is -0.315 e. The highest BCUT2D eigenvalue weighted by atomic mass is 19.1. The van der Waals surface area contributed by atoms with Crippen LogP contribution in [0.2, 0.25) is 0 Å². The first kappa shape index (κ1) is 14.5. The maximum absolute atomic E-state index is 13.2. The molecule has 1 heterocycles. The van der Waals surface area contributed by atoms with Crippen molar-refractivity contribution in [2.24, 2.45) is 0 Å². The first-order valence-electron chi connectivity index (χ1n) is 7.44. The molecule has 1 aliphatic heterocycles. The second-order valence-corrected chi connectivity index (χ2v) is 5.49. The molecule has 0 aliphatic carbocycles. The summed E-state index contributed by atoms with van der Waals surface area (Å²) in [7, 11) is 0. The van der Waals surface area contributed by atoms with Crippen LogP contribution in [0, 0.1) is 12.7 Å². The number of unbranched alkanes of at least 4 members (excludes halogenated alkanes) is 1. The molecule has 1 N–H and O–H groups in total. The molecule has 19 heavy (non-hydrogen) atoms. The van der Waals surface area contributed by atoms with Crippen LogP contribution in [-0.2, 0) is 6.42 Å². The topological polar surface area (TPSA) is 15.3 Å². The van der Waals surface area contributed by atoms with E-state index in [-0.39, 0.29) is 5.82 Å². The smallest absolute Gasteiger partial charge is 0.126 e. The highest BCUT2D eigenvalue weighted by molar-refractivity contribution is 5.23. The SMILES string of the molecule is Cc1cc(CCCCN2CCCNCC2)ccc1F. The first-order chi connectivity index (χ1) is 9.25. The molecule has 2 rings (SSSR count). The van der Waals surface area contributed by atoms with Crippen molar-refractivity contribution in [3.8, 4) is 0 Å². The molecule has 0 spiro atoms. The van der Waals surface area contributed by atoms with E-state index in [4.69, 9.17) is 0 Å². The highest BCUT2D eigenvalue weighted by Crippen LogP contribution is 2.12. The van der Waals surface area contributed by atoms with Gasteiger partial charge in [0.1, 0.15) is 5.82 Å². The molecule has 1 aromatic carbocycles. The Bertz CT molecular complexity index is 384. The van der Waals surface area contributed by atoms with Gasteiger partial charge in [-0.2, -0.15) is 0 Å². The number of hydrogen-bond donors (Lipinski definition) is 1. The van der Waals surface area contributed by atoms with Crippen molar-refractivity contribution in [3.63, 3.8) is 0 Å². The monoisotopic (exact) mass is 264 g/mol. The molecule has 1 aliphatic rings. The molecule has 0 aromatic heterocycles. The summed E-state index contributed by atoms with van der Waals surface area (Å²) in [5, 5.41) is 3.43. The predicted molar refractivity (Wildman–Crippen MR) is 78.0 cm³/mol. The third kappa shape index (κ3) is 4.92. The second kappa shape index (κ2) is 7.61. The minimum atomic E-state index is -0.0965. The van der Waals surface area contributed by atoms with Gasteiger partial charge in [0.2, 0.25) is 0 Å². The van der Waals surface area contributed by atoms with Crippen LogP contribution in [0.25, 0.3) is 0 Å². The van der Waals surface area contributed by atoms with E-state index in [9.17, 15) is 4.39 Å². The molecule has 0 saturated carbocycles. The Labute approximate surface area is 116 Å². The molecule has 1 saturated heterocycles. The van der Waals surface area contributed by atoms with E-state index >= 15 is 0 Å². The zero-order valence-electron chi connectivity index (χ0n) is 11.9. The molecule has 1 aromatic rings. The largest absolute Gasteiger partial charge is 0.315 e. The standard InChI is InChI=1S/C16H25FN2/c1-14-13-15(6-7-16(14)17)5-2-3-10-19-11-4-8-18-9-12-19/h6-7,13,18H,2-5,8-12H2,1H3. The van der Waals surface area contributed by atoms with E-state index in [2.05, 4.69) is 10.2 Å². The van der Waals surface area contributed by atoms with Gasteiger partial charge in [0.25, 0.3) is 0 Å². The van der Waals surface area contributed by atoms with E-state index in [1.165, 1.54) is 44.5 Å². The van der Waals surface area contributed by atoms with E-state index in [1.54, 1.807) is 6.07 Å². The lowest BCUT2D eigenvalue weighted by Gasteiger charge is -2.19. The van der Waals surface area contributed by atoms with Crippen LogP contribution in [0.1, 0.15) is 30.4 Å². The lowest BCUT2D eigenvalue weighted by atomic mass is 10.1. The summed E-state index contributed by atoms with van der Waals surface area (Å²) < 4.78 is 13.2. The quantitative estimate of drug-likeness (QED) is 0.823. The van der Waals surface area contributed by atoms with Gasteiger partial charge in [-0.15, -0.1) is 0 Å². The summed E-state index contributed by atoms with van der Waals surface area (Å²) in [5.74, 6) is -0.0965. The molecule has 1 fully saturated rings. The Balaban J connectivity index is 1.67. The average Bonchev–Trinajstić information content (AvgIpc) is 2.67. The van der Waals surface area contributed by atoms with Crippen molar-refractivity contribution < 1.29 is 4.39 Å².